The normalized spacial score (nSPS) is 12.1. The monoisotopic (exact) mass is 183 g/mol. The van der Waals surface area contributed by atoms with Crippen molar-refractivity contribution in [1.29, 1.82) is 0 Å². The summed E-state index contributed by atoms with van der Waals surface area (Å²) in [7, 11) is -1.06. The molecule has 0 aliphatic rings. The predicted octanol–water partition coefficient (Wildman–Crippen LogP) is 1.77. The maximum absolute atomic E-state index is 4.34. The first-order chi connectivity index (χ1) is 5.38. The summed E-state index contributed by atoms with van der Waals surface area (Å²) in [6.45, 7) is 11.0. The van der Waals surface area contributed by atoms with E-state index in [0.29, 0.717) is 0 Å². The van der Waals surface area contributed by atoms with E-state index in [0.717, 1.165) is 17.8 Å². The predicted molar refractivity (Wildman–Crippen MR) is 52.8 cm³/mol. The molecule has 4 heteroatoms. The Kier molecular flexibility index (Phi) is 2.37. The average Bonchev–Trinajstić information content (AvgIpc) is 2.06. The van der Waals surface area contributed by atoms with Crippen molar-refractivity contribution < 1.29 is 0 Å². The van der Waals surface area contributed by atoms with E-state index in [1.165, 1.54) is 0 Å². The molecule has 0 aliphatic carbocycles. The lowest BCUT2D eigenvalue weighted by Crippen LogP contribution is -2.29. The van der Waals surface area contributed by atoms with Gasteiger partial charge in [-0.1, -0.05) is 19.6 Å². The highest BCUT2D eigenvalue weighted by Crippen LogP contribution is 2.06. The van der Waals surface area contributed by atoms with E-state index in [4.69, 9.17) is 0 Å². The fourth-order valence-electron chi connectivity index (χ4n) is 1.16. The Bertz CT molecular complexity index is 272. The van der Waals surface area contributed by atoms with Crippen molar-refractivity contribution in [3.8, 4) is 0 Å². The molecule has 1 aromatic rings. The van der Waals surface area contributed by atoms with Gasteiger partial charge in [0.15, 0.2) is 0 Å². The molecule has 0 aromatic carbocycles. The van der Waals surface area contributed by atoms with Crippen molar-refractivity contribution in [2.75, 3.05) is 0 Å². The Labute approximate surface area is 74.8 Å². The summed E-state index contributed by atoms with van der Waals surface area (Å²) in [5, 5.41) is 4.34. The molecule has 0 atom stereocenters. The quantitative estimate of drug-likeness (QED) is 0.654. The van der Waals surface area contributed by atoms with Crippen LogP contribution in [0.3, 0.4) is 0 Å². The molecule has 0 saturated carbocycles. The van der Waals surface area contributed by atoms with Crippen molar-refractivity contribution in [3.05, 3.63) is 11.6 Å². The fourth-order valence-corrected chi connectivity index (χ4v) is 2.36. The van der Waals surface area contributed by atoms with E-state index < -0.39 is 8.07 Å². The van der Waals surface area contributed by atoms with Gasteiger partial charge in [-0.25, -0.2) is 4.98 Å². The number of nitrogens with zero attached hydrogens (tertiary/aromatic N) is 3. The molecule has 0 spiro atoms. The van der Waals surface area contributed by atoms with Crippen LogP contribution in [0.15, 0.2) is 0 Å². The van der Waals surface area contributed by atoms with Gasteiger partial charge in [-0.15, -0.1) is 0 Å². The summed E-state index contributed by atoms with van der Waals surface area (Å²) >= 11 is 0. The molecule has 0 unspecified atom stereocenters. The van der Waals surface area contributed by atoms with Gasteiger partial charge in [0.2, 0.25) is 0 Å². The second-order valence-corrected chi connectivity index (χ2v) is 9.86. The van der Waals surface area contributed by atoms with Crippen molar-refractivity contribution >= 4 is 8.07 Å². The Morgan fingerprint density at radius 3 is 2.17 bits per heavy atom. The topological polar surface area (TPSA) is 30.7 Å². The van der Waals surface area contributed by atoms with E-state index in [1.807, 2.05) is 18.5 Å². The maximum Gasteiger partial charge on any atom is 0.147 e. The molecule has 1 heterocycles. The van der Waals surface area contributed by atoms with Crippen LogP contribution in [0.4, 0.5) is 0 Å². The second-order valence-electron chi connectivity index (χ2n) is 4.42. The molecule has 3 nitrogen and oxygen atoms in total. The van der Waals surface area contributed by atoms with Crippen molar-refractivity contribution in [2.45, 2.75) is 39.7 Å². The van der Waals surface area contributed by atoms with Crippen LogP contribution in [0.5, 0.6) is 0 Å². The minimum atomic E-state index is -1.06. The first kappa shape index (κ1) is 9.44. The van der Waals surface area contributed by atoms with Gasteiger partial charge in [-0.05, 0) is 13.8 Å². The Balaban J connectivity index is 2.82. The van der Waals surface area contributed by atoms with Gasteiger partial charge >= 0.3 is 0 Å². The van der Waals surface area contributed by atoms with Crippen LogP contribution in [-0.2, 0) is 6.17 Å². The van der Waals surface area contributed by atoms with Gasteiger partial charge < -0.3 is 0 Å². The molecule has 0 radical (unpaired) electrons. The zero-order valence-electron chi connectivity index (χ0n) is 8.55. The maximum atomic E-state index is 4.34. The number of hydrogen-bond donors (Lipinski definition) is 0. The van der Waals surface area contributed by atoms with Gasteiger partial charge in [-0.2, -0.15) is 5.10 Å². The lowest BCUT2D eigenvalue weighted by atomic mass is 10.7. The van der Waals surface area contributed by atoms with Crippen molar-refractivity contribution in [2.24, 2.45) is 0 Å². The number of rotatable bonds is 2. The standard InChI is InChI=1S/C8H17N3Si/c1-7-9-8(2)11(10-7)6-12(3,4)5/h6H2,1-5H3. The zero-order chi connectivity index (χ0) is 9.35. The molecule has 0 saturated heterocycles. The largest absolute Gasteiger partial charge is 0.253 e. The molecule has 12 heavy (non-hydrogen) atoms. The van der Waals surface area contributed by atoms with Crippen LogP contribution in [0, 0.1) is 13.8 Å². The van der Waals surface area contributed by atoms with E-state index in [2.05, 4.69) is 29.7 Å². The highest BCUT2D eigenvalue weighted by Gasteiger charge is 2.16. The SMILES string of the molecule is Cc1nc(C)n(C[Si](C)(C)C)n1. The molecule has 68 valence electrons. The van der Waals surface area contributed by atoms with Crippen molar-refractivity contribution in [1.82, 2.24) is 14.8 Å². The molecular weight excluding hydrogens is 166 g/mol. The third kappa shape index (κ3) is 2.44. The van der Waals surface area contributed by atoms with Crippen LogP contribution in [-0.4, -0.2) is 22.8 Å². The van der Waals surface area contributed by atoms with Gasteiger partial charge in [0.1, 0.15) is 11.6 Å². The van der Waals surface area contributed by atoms with E-state index >= 15 is 0 Å². The van der Waals surface area contributed by atoms with Crippen LogP contribution in [0.2, 0.25) is 19.6 Å². The molecule has 1 aromatic heterocycles. The van der Waals surface area contributed by atoms with Crippen LogP contribution in [0.1, 0.15) is 11.6 Å². The molecule has 0 amide bonds. The fraction of sp³-hybridized carbons (Fsp3) is 0.750. The first-order valence-electron chi connectivity index (χ1n) is 4.26. The van der Waals surface area contributed by atoms with Crippen LogP contribution >= 0.6 is 0 Å². The molecule has 0 N–H and O–H groups in total. The third-order valence-corrected chi connectivity index (χ3v) is 2.83. The van der Waals surface area contributed by atoms with Gasteiger partial charge in [-0.3, -0.25) is 4.68 Å². The van der Waals surface area contributed by atoms with Crippen LogP contribution < -0.4 is 0 Å². The minimum absolute atomic E-state index is 0.880. The number of aryl methyl sites for hydroxylation is 2. The average molecular weight is 183 g/mol. The number of hydrogen-bond acceptors (Lipinski definition) is 2. The van der Waals surface area contributed by atoms with Gasteiger partial charge in [0.05, 0.1) is 8.07 Å². The molecule has 0 aliphatic heterocycles. The van der Waals surface area contributed by atoms with E-state index in [1.54, 1.807) is 0 Å². The summed E-state index contributed by atoms with van der Waals surface area (Å²) in [6, 6.07) is 0. The lowest BCUT2D eigenvalue weighted by Gasteiger charge is -2.15. The Morgan fingerprint density at radius 1 is 1.25 bits per heavy atom. The van der Waals surface area contributed by atoms with E-state index in [9.17, 15) is 0 Å². The third-order valence-electron chi connectivity index (χ3n) is 1.59. The summed E-state index contributed by atoms with van der Waals surface area (Å²) in [5.74, 6) is 1.92. The molecule has 0 fully saturated rings. The first-order valence-corrected chi connectivity index (χ1v) is 7.97. The van der Waals surface area contributed by atoms with Crippen LogP contribution in [0.25, 0.3) is 0 Å². The Hall–Kier alpha value is -0.643. The smallest absolute Gasteiger partial charge is 0.147 e. The summed E-state index contributed by atoms with van der Waals surface area (Å²) < 4.78 is 2.03. The summed E-state index contributed by atoms with van der Waals surface area (Å²) in [6.07, 6.45) is 1.07. The zero-order valence-corrected chi connectivity index (χ0v) is 9.55. The van der Waals surface area contributed by atoms with Gasteiger partial charge in [0, 0.05) is 6.17 Å². The summed E-state index contributed by atoms with van der Waals surface area (Å²) in [4.78, 5) is 4.27. The minimum Gasteiger partial charge on any atom is -0.253 e. The van der Waals surface area contributed by atoms with Crippen molar-refractivity contribution in [3.63, 3.8) is 0 Å². The molecular formula is C8H17N3Si. The second kappa shape index (κ2) is 3.01. The highest BCUT2D eigenvalue weighted by atomic mass is 28.3. The molecule has 1 rings (SSSR count). The van der Waals surface area contributed by atoms with Gasteiger partial charge in [0.25, 0.3) is 0 Å². The summed E-state index contributed by atoms with van der Waals surface area (Å²) in [5.41, 5.74) is 0. The Morgan fingerprint density at radius 2 is 1.83 bits per heavy atom. The highest BCUT2D eigenvalue weighted by molar-refractivity contribution is 6.74. The van der Waals surface area contributed by atoms with E-state index in [-0.39, 0.29) is 0 Å². The number of aromatic nitrogens is 3. The lowest BCUT2D eigenvalue weighted by molar-refractivity contribution is 0.690. The molecule has 0 bridgehead atoms.